The summed E-state index contributed by atoms with van der Waals surface area (Å²) in [7, 11) is 0. The fourth-order valence-corrected chi connectivity index (χ4v) is 6.23. The third-order valence-corrected chi connectivity index (χ3v) is 8.62. The van der Waals surface area contributed by atoms with Gasteiger partial charge in [-0.2, -0.15) is 4.39 Å². The molecule has 200 valence electrons. The lowest BCUT2D eigenvalue weighted by Crippen LogP contribution is -2.48. The summed E-state index contributed by atoms with van der Waals surface area (Å²) in [5.74, 6) is -0.630. The molecule has 4 atom stereocenters. The van der Waals surface area contributed by atoms with Crippen molar-refractivity contribution in [2.24, 2.45) is 5.92 Å². The number of benzene rings is 2. The number of ether oxygens (including phenoxy) is 1. The molecule has 2 fully saturated rings. The fraction of sp³-hybridized carbons (Fsp3) is 0.400. The van der Waals surface area contributed by atoms with E-state index in [9.17, 15) is 9.18 Å². The Bertz CT molecular complexity index is 1220. The van der Waals surface area contributed by atoms with Crippen LogP contribution in [-0.2, 0) is 16.0 Å². The minimum absolute atomic E-state index is 0.00882. The molecule has 5 nitrogen and oxygen atoms in total. The molecule has 1 saturated heterocycles. The van der Waals surface area contributed by atoms with E-state index in [2.05, 4.69) is 43.3 Å². The first-order valence-corrected chi connectivity index (χ1v) is 14.4. The Balaban J connectivity index is 1.39. The van der Waals surface area contributed by atoms with Crippen molar-refractivity contribution in [1.82, 2.24) is 15.2 Å². The molecule has 5 rings (SSSR count). The van der Waals surface area contributed by atoms with Crippen molar-refractivity contribution in [3.8, 4) is 0 Å². The second kappa shape index (κ2) is 12.7. The second-order valence-corrected chi connectivity index (χ2v) is 11.5. The van der Waals surface area contributed by atoms with Crippen LogP contribution in [0.2, 0.25) is 5.02 Å². The predicted molar refractivity (Wildman–Crippen MR) is 151 cm³/mol. The molecule has 1 amide bonds. The average molecular weight is 601 g/mol. The highest BCUT2D eigenvalue weighted by molar-refractivity contribution is 9.10. The van der Waals surface area contributed by atoms with E-state index >= 15 is 0 Å². The molecule has 0 spiro atoms. The Kier molecular flexibility index (Phi) is 9.10. The Morgan fingerprint density at radius 2 is 1.84 bits per heavy atom. The Morgan fingerprint density at radius 3 is 2.55 bits per heavy atom. The number of morpholine rings is 1. The highest BCUT2D eigenvalue weighted by atomic mass is 79.9. The number of nitrogens with one attached hydrogen (secondary N) is 1. The quantitative estimate of drug-likeness (QED) is 0.323. The molecule has 2 heterocycles. The zero-order valence-electron chi connectivity index (χ0n) is 21.2. The number of carbonyl (C=O) groups excluding carboxylic acids is 1. The van der Waals surface area contributed by atoms with E-state index in [1.54, 1.807) is 6.07 Å². The van der Waals surface area contributed by atoms with Crippen LogP contribution < -0.4 is 5.32 Å². The van der Waals surface area contributed by atoms with Crippen molar-refractivity contribution in [3.05, 3.63) is 99.0 Å². The zero-order chi connectivity index (χ0) is 26.5. The molecule has 8 heteroatoms. The number of amides is 1. The van der Waals surface area contributed by atoms with Crippen LogP contribution in [0, 0.1) is 11.9 Å². The number of halogens is 3. The molecule has 1 aliphatic carbocycles. The maximum absolute atomic E-state index is 14.1. The summed E-state index contributed by atoms with van der Waals surface area (Å²) in [6.07, 6.45) is 4.66. The van der Waals surface area contributed by atoms with E-state index in [1.807, 2.05) is 36.4 Å². The van der Waals surface area contributed by atoms with E-state index in [0.717, 1.165) is 55.6 Å². The fourth-order valence-electron chi connectivity index (χ4n) is 5.84. The van der Waals surface area contributed by atoms with E-state index in [-0.39, 0.29) is 23.8 Å². The molecule has 0 radical (unpaired) electrons. The molecule has 1 aliphatic heterocycles. The molecule has 1 saturated carbocycles. The number of hydrogen-bond acceptors (Lipinski definition) is 4. The van der Waals surface area contributed by atoms with Gasteiger partial charge in [0.15, 0.2) is 0 Å². The van der Waals surface area contributed by atoms with E-state index in [4.69, 9.17) is 16.3 Å². The van der Waals surface area contributed by atoms with Crippen molar-refractivity contribution < 1.29 is 13.9 Å². The van der Waals surface area contributed by atoms with Crippen LogP contribution in [0.5, 0.6) is 0 Å². The van der Waals surface area contributed by atoms with Crippen molar-refractivity contribution >= 4 is 33.4 Å². The maximum Gasteiger partial charge on any atom is 0.224 e. The number of pyridine rings is 1. The lowest BCUT2D eigenvalue weighted by Gasteiger charge is -2.42. The Labute approximate surface area is 236 Å². The van der Waals surface area contributed by atoms with Gasteiger partial charge in [0.2, 0.25) is 11.9 Å². The van der Waals surface area contributed by atoms with Gasteiger partial charge >= 0.3 is 0 Å². The first-order chi connectivity index (χ1) is 18.5. The second-order valence-electron chi connectivity index (χ2n) is 10.2. The van der Waals surface area contributed by atoms with Crippen molar-refractivity contribution in [2.75, 3.05) is 26.3 Å². The number of rotatable bonds is 7. The van der Waals surface area contributed by atoms with Crippen LogP contribution in [-0.4, -0.2) is 48.1 Å². The van der Waals surface area contributed by atoms with Crippen molar-refractivity contribution in [3.63, 3.8) is 0 Å². The van der Waals surface area contributed by atoms with E-state index in [0.29, 0.717) is 23.0 Å². The van der Waals surface area contributed by atoms with Crippen LogP contribution in [0.25, 0.3) is 0 Å². The topological polar surface area (TPSA) is 54.5 Å². The summed E-state index contributed by atoms with van der Waals surface area (Å²) in [5, 5.41) is 3.94. The van der Waals surface area contributed by atoms with Crippen molar-refractivity contribution in [2.45, 2.75) is 43.7 Å². The monoisotopic (exact) mass is 599 g/mol. The zero-order valence-corrected chi connectivity index (χ0v) is 23.5. The van der Waals surface area contributed by atoms with Gasteiger partial charge in [0.25, 0.3) is 0 Å². The lowest BCUT2D eigenvalue weighted by atomic mass is 9.72. The largest absolute Gasteiger partial charge is 0.379 e. The highest BCUT2D eigenvalue weighted by Gasteiger charge is 2.39. The SMILES string of the molecule is O=C(NC(Cc1ccc(Cl)cc1)c1ccnc(F)c1)C1CCC(N2CCOCC2)CC1c1ccc(Br)cc1. The summed E-state index contributed by atoms with van der Waals surface area (Å²) < 4.78 is 20.7. The molecular weight excluding hydrogens is 569 g/mol. The minimum Gasteiger partial charge on any atom is -0.379 e. The molecule has 3 aromatic rings. The summed E-state index contributed by atoms with van der Waals surface area (Å²) in [4.78, 5) is 20.2. The van der Waals surface area contributed by atoms with Crippen LogP contribution in [0.15, 0.2) is 71.3 Å². The predicted octanol–water partition coefficient (Wildman–Crippen LogP) is 6.32. The molecule has 0 bridgehead atoms. The molecule has 38 heavy (non-hydrogen) atoms. The summed E-state index contributed by atoms with van der Waals surface area (Å²) in [6, 6.07) is 19.1. The van der Waals surface area contributed by atoms with Crippen LogP contribution in [0.1, 0.15) is 47.9 Å². The molecule has 4 unspecified atom stereocenters. The first kappa shape index (κ1) is 27.3. The van der Waals surface area contributed by atoms with Gasteiger partial charge in [-0.25, -0.2) is 4.98 Å². The van der Waals surface area contributed by atoms with Gasteiger partial charge in [-0.15, -0.1) is 0 Å². The van der Waals surface area contributed by atoms with Crippen LogP contribution in [0.3, 0.4) is 0 Å². The standard InChI is InChI=1S/C30H32BrClFN3O2/c31-23-5-3-21(4-6-23)27-19-25(36-13-15-38-16-14-36)9-10-26(27)30(37)35-28(22-11-12-34-29(33)18-22)17-20-1-7-24(32)8-2-20/h1-8,11-12,18,25-28H,9-10,13-17,19H2,(H,35,37). The maximum atomic E-state index is 14.1. The van der Waals surface area contributed by atoms with Gasteiger partial charge in [0.05, 0.1) is 19.3 Å². The van der Waals surface area contributed by atoms with Gasteiger partial charge in [0.1, 0.15) is 0 Å². The summed E-state index contributed by atoms with van der Waals surface area (Å²) in [6.45, 7) is 3.40. The molecule has 2 aromatic carbocycles. The van der Waals surface area contributed by atoms with Gasteiger partial charge in [-0.1, -0.05) is 51.8 Å². The van der Waals surface area contributed by atoms with Gasteiger partial charge in [0, 0.05) is 40.7 Å². The normalized spacial score (nSPS) is 23.1. The summed E-state index contributed by atoms with van der Waals surface area (Å²) in [5.41, 5.74) is 2.89. The third-order valence-electron chi connectivity index (χ3n) is 7.84. The highest BCUT2D eigenvalue weighted by Crippen LogP contribution is 2.41. The first-order valence-electron chi connectivity index (χ1n) is 13.2. The lowest BCUT2D eigenvalue weighted by molar-refractivity contribution is -0.128. The van der Waals surface area contributed by atoms with Crippen molar-refractivity contribution in [1.29, 1.82) is 0 Å². The minimum atomic E-state index is -0.559. The average Bonchev–Trinajstić information content (AvgIpc) is 2.94. The molecule has 1 N–H and O–H groups in total. The van der Waals surface area contributed by atoms with Gasteiger partial charge < -0.3 is 10.1 Å². The van der Waals surface area contributed by atoms with E-state index in [1.165, 1.54) is 17.8 Å². The van der Waals surface area contributed by atoms with Gasteiger partial charge in [-0.05, 0) is 84.7 Å². The number of carbonyl (C=O) groups is 1. The number of aromatic nitrogens is 1. The molecule has 2 aliphatic rings. The van der Waals surface area contributed by atoms with Crippen LogP contribution >= 0.6 is 27.5 Å². The number of nitrogens with zero attached hydrogens (tertiary/aromatic N) is 2. The van der Waals surface area contributed by atoms with E-state index < -0.39 is 5.95 Å². The summed E-state index contributed by atoms with van der Waals surface area (Å²) >= 11 is 9.63. The number of hydrogen-bond donors (Lipinski definition) is 1. The van der Waals surface area contributed by atoms with Crippen LogP contribution in [0.4, 0.5) is 4.39 Å². The molecular formula is C30H32BrClFN3O2. The Hall–Kier alpha value is -2.32. The molecule has 1 aromatic heterocycles. The smallest absolute Gasteiger partial charge is 0.224 e. The Morgan fingerprint density at radius 1 is 1.11 bits per heavy atom. The third kappa shape index (κ3) is 6.81. The van der Waals surface area contributed by atoms with Gasteiger partial charge in [-0.3, -0.25) is 9.69 Å².